The fraction of sp³-hybridized carbons (Fsp3) is 0.450. The average molecular weight is 419 g/mol. The number of aryl methyl sites for hydroxylation is 1. The quantitative estimate of drug-likeness (QED) is 0.672. The first-order chi connectivity index (χ1) is 13.8. The lowest BCUT2D eigenvalue weighted by Crippen LogP contribution is -2.33. The maximum Gasteiger partial charge on any atom is 0.341 e. The molecule has 1 fully saturated rings. The number of primary amides is 1. The maximum atomic E-state index is 12.8. The number of likely N-dealkylation sites (tertiary alicyclic amines) is 1. The van der Waals surface area contributed by atoms with E-state index < -0.39 is 11.9 Å². The zero-order valence-corrected chi connectivity index (χ0v) is 17.7. The molecule has 2 aromatic rings. The van der Waals surface area contributed by atoms with Gasteiger partial charge in [-0.25, -0.2) is 4.79 Å². The molecule has 9 heteroatoms. The van der Waals surface area contributed by atoms with Crippen LogP contribution < -0.4 is 11.1 Å². The highest BCUT2D eigenvalue weighted by molar-refractivity contribution is 7.18. The highest BCUT2D eigenvalue weighted by Gasteiger charge is 2.30. The van der Waals surface area contributed by atoms with Crippen molar-refractivity contribution < 1.29 is 19.1 Å². The number of anilines is 1. The minimum absolute atomic E-state index is 0.177. The van der Waals surface area contributed by atoms with Crippen molar-refractivity contribution >= 4 is 34.1 Å². The van der Waals surface area contributed by atoms with Gasteiger partial charge in [-0.2, -0.15) is 0 Å². The summed E-state index contributed by atoms with van der Waals surface area (Å²) in [5.74, 6) is -1.46. The van der Waals surface area contributed by atoms with E-state index in [1.165, 1.54) is 5.69 Å². The predicted octanol–water partition coefficient (Wildman–Crippen LogP) is 2.45. The molecule has 0 radical (unpaired) electrons. The van der Waals surface area contributed by atoms with Crippen molar-refractivity contribution in [2.75, 3.05) is 25.0 Å². The van der Waals surface area contributed by atoms with Crippen molar-refractivity contribution in [3.05, 3.63) is 40.0 Å². The molecule has 0 aromatic carbocycles. The van der Waals surface area contributed by atoms with E-state index in [1.807, 2.05) is 19.3 Å². The van der Waals surface area contributed by atoms with E-state index in [9.17, 15) is 14.4 Å². The Morgan fingerprint density at radius 2 is 2.14 bits per heavy atom. The normalized spacial score (nSPS) is 16.7. The van der Waals surface area contributed by atoms with E-state index >= 15 is 0 Å². The molecule has 3 N–H and O–H groups in total. The van der Waals surface area contributed by atoms with Crippen molar-refractivity contribution in [3.8, 4) is 0 Å². The molecule has 1 aliphatic heterocycles. The highest BCUT2D eigenvalue weighted by atomic mass is 32.1. The molecular weight excluding hydrogens is 392 g/mol. The van der Waals surface area contributed by atoms with Crippen LogP contribution in [0.1, 0.15) is 57.1 Å². The lowest BCUT2D eigenvalue weighted by atomic mass is 10.1. The summed E-state index contributed by atoms with van der Waals surface area (Å²) in [5, 5.41) is 3.10. The zero-order valence-electron chi connectivity index (χ0n) is 16.9. The number of nitrogens with one attached hydrogen (secondary N) is 1. The molecule has 0 saturated carbocycles. The van der Waals surface area contributed by atoms with Crippen molar-refractivity contribution in [3.63, 3.8) is 0 Å². The fourth-order valence-electron chi connectivity index (χ4n) is 3.81. The summed E-state index contributed by atoms with van der Waals surface area (Å²) in [7, 11) is 2.00. The molecule has 3 heterocycles. The second kappa shape index (κ2) is 8.79. The lowest BCUT2D eigenvalue weighted by Gasteiger charge is -2.24. The molecule has 2 amide bonds. The van der Waals surface area contributed by atoms with Crippen LogP contribution in [0.5, 0.6) is 0 Å². The number of amides is 2. The Balaban J connectivity index is 1.78. The molecule has 0 unspecified atom stereocenters. The van der Waals surface area contributed by atoms with E-state index in [2.05, 4.69) is 20.9 Å². The number of carbonyl (C=O) groups is 3. The molecule has 2 aromatic heterocycles. The molecule has 156 valence electrons. The van der Waals surface area contributed by atoms with Crippen LogP contribution in [0.3, 0.4) is 0 Å². The number of thiophene rings is 1. The highest BCUT2D eigenvalue weighted by Crippen LogP contribution is 2.34. The first kappa shape index (κ1) is 21.1. The summed E-state index contributed by atoms with van der Waals surface area (Å²) >= 11 is 1.01. The van der Waals surface area contributed by atoms with Gasteiger partial charge in [0.05, 0.1) is 29.6 Å². The first-order valence-electron chi connectivity index (χ1n) is 9.58. The van der Waals surface area contributed by atoms with Gasteiger partial charge in [0.25, 0.3) is 5.91 Å². The van der Waals surface area contributed by atoms with Gasteiger partial charge < -0.3 is 20.4 Å². The Labute approximate surface area is 173 Å². The van der Waals surface area contributed by atoms with Crippen molar-refractivity contribution in [1.29, 1.82) is 0 Å². The van der Waals surface area contributed by atoms with Gasteiger partial charge in [-0.3, -0.25) is 14.5 Å². The number of hydrogen-bond acceptors (Lipinski definition) is 6. The van der Waals surface area contributed by atoms with Crippen molar-refractivity contribution in [1.82, 2.24) is 9.47 Å². The maximum absolute atomic E-state index is 12.8. The number of hydrogen-bond donors (Lipinski definition) is 2. The molecule has 1 atom stereocenters. The van der Waals surface area contributed by atoms with Crippen LogP contribution in [0.15, 0.2) is 18.3 Å². The van der Waals surface area contributed by atoms with Gasteiger partial charge in [0.2, 0.25) is 5.91 Å². The molecule has 0 aliphatic carbocycles. The Bertz CT molecular complexity index is 933. The SMILES string of the molecule is CCOC(=O)c1c(NC(=O)CN2CCC[C@H]2c2cccn2C)sc(C(N)=O)c1C. The molecule has 3 rings (SSSR count). The molecule has 1 saturated heterocycles. The fourth-order valence-corrected chi connectivity index (χ4v) is 4.87. The largest absolute Gasteiger partial charge is 0.462 e. The molecule has 8 nitrogen and oxygen atoms in total. The van der Waals surface area contributed by atoms with Crippen LogP contribution in [-0.4, -0.2) is 46.9 Å². The third-order valence-corrected chi connectivity index (χ3v) is 6.36. The smallest absolute Gasteiger partial charge is 0.341 e. The Morgan fingerprint density at radius 3 is 2.76 bits per heavy atom. The Kier molecular flexibility index (Phi) is 6.39. The summed E-state index contributed by atoms with van der Waals surface area (Å²) in [5.41, 5.74) is 7.21. The lowest BCUT2D eigenvalue weighted by molar-refractivity contribution is -0.117. The third-order valence-electron chi connectivity index (χ3n) is 5.14. The number of ether oxygens (including phenoxy) is 1. The van der Waals surface area contributed by atoms with Gasteiger partial charge in [0.1, 0.15) is 5.00 Å². The summed E-state index contributed by atoms with van der Waals surface area (Å²) in [4.78, 5) is 39.2. The minimum atomic E-state index is -0.637. The summed E-state index contributed by atoms with van der Waals surface area (Å²) in [6, 6.07) is 4.25. The van der Waals surface area contributed by atoms with E-state index in [-0.39, 0.29) is 35.5 Å². The molecular formula is C20H26N4O4S. The van der Waals surface area contributed by atoms with Crippen molar-refractivity contribution in [2.45, 2.75) is 32.7 Å². The zero-order chi connectivity index (χ0) is 21.1. The Hall–Kier alpha value is -2.65. The number of nitrogens with two attached hydrogens (primary N) is 1. The molecule has 29 heavy (non-hydrogen) atoms. The monoisotopic (exact) mass is 418 g/mol. The number of rotatable bonds is 7. The van der Waals surface area contributed by atoms with Crippen LogP contribution in [-0.2, 0) is 16.6 Å². The van der Waals surface area contributed by atoms with Gasteiger partial charge in [-0.15, -0.1) is 11.3 Å². The second-order valence-corrected chi connectivity index (χ2v) is 8.09. The molecule has 0 spiro atoms. The first-order valence-corrected chi connectivity index (χ1v) is 10.4. The van der Waals surface area contributed by atoms with Gasteiger partial charge in [-0.1, -0.05) is 0 Å². The second-order valence-electron chi connectivity index (χ2n) is 7.07. The van der Waals surface area contributed by atoms with Crippen LogP contribution in [0.2, 0.25) is 0 Å². The number of esters is 1. The van der Waals surface area contributed by atoms with Crippen LogP contribution in [0, 0.1) is 6.92 Å². The van der Waals surface area contributed by atoms with E-state index in [0.717, 1.165) is 30.7 Å². The number of carbonyl (C=O) groups excluding carboxylic acids is 3. The summed E-state index contributed by atoms with van der Waals surface area (Å²) in [6.45, 7) is 4.54. The van der Waals surface area contributed by atoms with Gasteiger partial charge >= 0.3 is 5.97 Å². The average Bonchev–Trinajstić information content (AvgIpc) is 3.34. The van der Waals surface area contributed by atoms with Crippen LogP contribution >= 0.6 is 11.3 Å². The van der Waals surface area contributed by atoms with E-state index in [1.54, 1.807) is 13.8 Å². The minimum Gasteiger partial charge on any atom is -0.462 e. The third kappa shape index (κ3) is 4.35. The standard InChI is InChI=1S/C20H26N4O4S/c1-4-28-20(27)16-12(2)17(18(21)26)29-19(16)22-15(25)11-24-10-6-8-14(24)13-7-5-9-23(13)3/h5,7,9,14H,4,6,8,10-11H2,1-3H3,(H2,21,26)(H,22,25)/t14-/m0/s1. The predicted molar refractivity (Wildman–Crippen MR) is 111 cm³/mol. The number of nitrogens with zero attached hydrogens (tertiary/aromatic N) is 2. The van der Waals surface area contributed by atoms with Crippen LogP contribution in [0.4, 0.5) is 5.00 Å². The van der Waals surface area contributed by atoms with Crippen molar-refractivity contribution in [2.24, 2.45) is 12.8 Å². The summed E-state index contributed by atoms with van der Waals surface area (Å²) < 4.78 is 7.16. The van der Waals surface area contributed by atoms with E-state index in [4.69, 9.17) is 10.5 Å². The van der Waals surface area contributed by atoms with Gasteiger partial charge in [-0.05, 0) is 50.9 Å². The van der Waals surface area contributed by atoms with Crippen LogP contribution in [0.25, 0.3) is 0 Å². The van der Waals surface area contributed by atoms with E-state index in [0.29, 0.717) is 10.6 Å². The molecule has 1 aliphatic rings. The Morgan fingerprint density at radius 1 is 1.38 bits per heavy atom. The summed E-state index contributed by atoms with van der Waals surface area (Å²) in [6.07, 6.45) is 4.00. The van der Waals surface area contributed by atoms with Gasteiger partial charge in [0, 0.05) is 18.9 Å². The topological polar surface area (TPSA) is 107 Å². The van der Waals surface area contributed by atoms with Gasteiger partial charge in [0.15, 0.2) is 0 Å². The molecule has 0 bridgehead atoms. The number of aromatic nitrogens is 1.